The fraction of sp³-hybridized carbons (Fsp3) is 0.276. The van der Waals surface area contributed by atoms with Crippen molar-refractivity contribution in [3.05, 3.63) is 92.8 Å². The zero-order valence-electron chi connectivity index (χ0n) is 21.0. The van der Waals surface area contributed by atoms with Crippen molar-refractivity contribution in [2.45, 2.75) is 37.9 Å². The normalized spacial score (nSPS) is 16.2. The fourth-order valence-electron chi connectivity index (χ4n) is 5.02. The molecule has 2 N–H and O–H groups in total. The highest BCUT2D eigenvalue weighted by atomic mass is 35.5. The Morgan fingerprint density at radius 2 is 1.95 bits per heavy atom. The van der Waals surface area contributed by atoms with Gasteiger partial charge in [-0.1, -0.05) is 46.6 Å². The highest BCUT2D eigenvalue weighted by Gasteiger charge is 2.44. The van der Waals surface area contributed by atoms with Crippen LogP contribution in [0.3, 0.4) is 0 Å². The molecule has 2 aromatic carbocycles. The third-order valence-corrected chi connectivity index (χ3v) is 7.90. The van der Waals surface area contributed by atoms with Crippen molar-refractivity contribution in [1.29, 1.82) is 0 Å². The van der Waals surface area contributed by atoms with Crippen molar-refractivity contribution in [1.82, 2.24) is 10.1 Å². The molecule has 2 fully saturated rings. The van der Waals surface area contributed by atoms with E-state index in [4.69, 9.17) is 32.5 Å². The van der Waals surface area contributed by atoms with Crippen molar-refractivity contribution in [3.8, 4) is 17.0 Å². The lowest BCUT2D eigenvalue weighted by Gasteiger charge is -2.47. The number of aliphatic hydroxyl groups is 1. The number of hydrogen-bond acceptors (Lipinski definition) is 7. The van der Waals surface area contributed by atoms with Crippen LogP contribution < -0.4 is 9.64 Å². The molecule has 6 rings (SSSR count). The molecule has 0 bridgehead atoms. The summed E-state index contributed by atoms with van der Waals surface area (Å²) in [6.45, 7) is 2.68. The summed E-state index contributed by atoms with van der Waals surface area (Å²) in [5.74, 6) is 1.17. The van der Waals surface area contributed by atoms with Gasteiger partial charge in [0.25, 0.3) is 0 Å². The minimum atomic E-state index is -1.20. The van der Waals surface area contributed by atoms with Crippen LogP contribution in [0.2, 0.25) is 10.0 Å². The maximum atomic E-state index is 11.3. The number of β-amino-alcohol motifs (C(OH)–C–C–N with tert-alkyl or cyclic N) is 1. The van der Waals surface area contributed by atoms with E-state index in [-0.39, 0.29) is 25.3 Å². The predicted molar refractivity (Wildman–Crippen MR) is 147 cm³/mol. The number of halogens is 2. The lowest BCUT2D eigenvalue weighted by Crippen LogP contribution is -2.60. The molecule has 0 radical (unpaired) electrons. The zero-order chi connectivity index (χ0) is 27.3. The first-order valence-corrected chi connectivity index (χ1v) is 13.3. The maximum Gasteiger partial charge on any atom is 0.335 e. The van der Waals surface area contributed by atoms with Crippen molar-refractivity contribution in [3.63, 3.8) is 0 Å². The van der Waals surface area contributed by atoms with Crippen molar-refractivity contribution in [2.24, 2.45) is 0 Å². The topological polar surface area (TPSA) is 109 Å². The first-order chi connectivity index (χ1) is 18.7. The molecule has 3 heterocycles. The number of carboxylic acids is 1. The number of carboxylic acid groups (broad SMARTS) is 1. The Bertz CT molecular complexity index is 1560. The van der Waals surface area contributed by atoms with Gasteiger partial charge in [-0.3, -0.25) is 0 Å². The molecule has 2 aromatic heterocycles. The Morgan fingerprint density at radius 3 is 2.64 bits per heavy atom. The predicted octanol–water partition coefficient (Wildman–Crippen LogP) is 6.21. The van der Waals surface area contributed by atoms with Gasteiger partial charge in [0.05, 0.1) is 34.3 Å². The average Bonchev–Trinajstić information content (AvgIpc) is 3.66. The van der Waals surface area contributed by atoms with Crippen molar-refractivity contribution in [2.75, 3.05) is 18.0 Å². The maximum absolute atomic E-state index is 11.3. The van der Waals surface area contributed by atoms with Crippen LogP contribution in [0, 0.1) is 6.92 Å². The summed E-state index contributed by atoms with van der Waals surface area (Å²) in [6, 6.07) is 13.9. The summed E-state index contributed by atoms with van der Waals surface area (Å²) in [4.78, 5) is 17.3. The van der Waals surface area contributed by atoms with Gasteiger partial charge in [0.15, 0.2) is 0 Å². The summed E-state index contributed by atoms with van der Waals surface area (Å²) in [5.41, 5.74) is 2.91. The number of carbonyl (C=O) groups is 1. The van der Waals surface area contributed by atoms with E-state index in [0.717, 1.165) is 35.3 Å². The SMILES string of the molecule is Cc1cccc(Cl)c1-c1noc(C2CC2)c1COc1ccc(C2(O)CN(c3cc(C(=O)O)ccn3)C2)c(Cl)c1. The smallest absolute Gasteiger partial charge is 0.335 e. The Labute approximate surface area is 234 Å². The molecule has 0 amide bonds. The standard InChI is InChI=1S/C29H25Cl2N3O5/c1-16-3-2-4-22(30)25(16)26-20(27(39-33-26)17-5-6-17)13-38-19-7-8-21(23(31)12-19)29(37)14-34(15-29)24-11-18(28(35)36)9-10-32-24/h2-4,7-12,17,37H,5-6,13-15H2,1H3,(H,35,36). The molecule has 10 heteroatoms. The third kappa shape index (κ3) is 4.84. The summed E-state index contributed by atoms with van der Waals surface area (Å²) in [6.07, 6.45) is 3.54. The molecule has 1 saturated heterocycles. The van der Waals surface area contributed by atoms with Crippen molar-refractivity contribution < 1.29 is 24.3 Å². The largest absolute Gasteiger partial charge is 0.489 e. The Kier molecular flexibility index (Phi) is 6.49. The summed E-state index contributed by atoms with van der Waals surface area (Å²) in [5, 5.41) is 25.8. The van der Waals surface area contributed by atoms with Gasteiger partial charge in [0, 0.05) is 23.2 Å². The van der Waals surface area contributed by atoms with Crippen LogP contribution in [0.5, 0.6) is 5.75 Å². The third-order valence-electron chi connectivity index (χ3n) is 7.27. The van der Waals surface area contributed by atoms with E-state index in [1.165, 1.54) is 18.3 Å². The van der Waals surface area contributed by atoms with E-state index in [0.29, 0.717) is 38.8 Å². The van der Waals surface area contributed by atoms with Crippen LogP contribution in [0.15, 0.2) is 59.3 Å². The summed E-state index contributed by atoms with van der Waals surface area (Å²) in [7, 11) is 0. The molecular weight excluding hydrogens is 541 g/mol. The number of aryl methyl sites for hydroxylation is 1. The zero-order valence-corrected chi connectivity index (χ0v) is 22.5. The first-order valence-electron chi connectivity index (χ1n) is 12.6. The molecule has 8 nitrogen and oxygen atoms in total. The monoisotopic (exact) mass is 565 g/mol. The van der Waals surface area contributed by atoms with E-state index in [1.54, 1.807) is 23.1 Å². The molecule has 1 aliphatic heterocycles. The number of pyridine rings is 1. The molecule has 39 heavy (non-hydrogen) atoms. The van der Waals surface area contributed by atoms with E-state index in [1.807, 2.05) is 25.1 Å². The highest BCUT2D eigenvalue weighted by molar-refractivity contribution is 6.33. The molecule has 2 aliphatic rings. The number of aromatic carboxylic acids is 1. The van der Waals surface area contributed by atoms with Gasteiger partial charge in [0.2, 0.25) is 0 Å². The molecule has 0 spiro atoms. The Balaban J connectivity index is 1.19. The van der Waals surface area contributed by atoms with E-state index >= 15 is 0 Å². The van der Waals surface area contributed by atoms with Gasteiger partial charge in [-0.25, -0.2) is 9.78 Å². The number of nitrogens with zero attached hydrogens (tertiary/aromatic N) is 3. The van der Waals surface area contributed by atoms with Crippen LogP contribution in [0.4, 0.5) is 5.82 Å². The number of rotatable bonds is 8. The minimum Gasteiger partial charge on any atom is -0.489 e. The lowest BCUT2D eigenvalue weighted by molar-refractivity contribution is 0.00712. The van der Waals surface area contributed by atoms with Gasteiger partial charge in [-0.2, -0.15) is 0 Å². The lowest BCUT2D eigenvalue weighted by atomic mass is 9.86. The van der Waals surface area contributed by atoms with Crippen LogP contribution in [0.25, 0.3) is 11.3 Å². The van der Waals surface area contributed by atoms with E-state index < -0.39 is 11.6 Å². The molecule has 0 atom stereocenters. The molecular formula is C29H25Cl2N3O5. The second-order valence-corrected chi connectivity index (χ2v) is 10.9. The van der Waals surface area contributed by atoms with Gasteiger partial charge in [0.1, 0.15) is 35.2 Å². The number of benzene rings is 2. The van der Waals surface area contributed by atoms with E-state index in [2.05, 4.69) is 10.1 Å². The second-order valence-electron chi connectivity index (χ2n) is 10.1. The fourth-order valence-corrected chi connectivity index (χ4v) is 5.67. The van der Waals surface area contributed by atoms with Gasteiger partial charge < -0.3 is 24.4 Å². The molecule has 0 unspecified atom stereocenters. The number of ether oxygens (including phenoxy) is 1. The Hall–Kier alpha value is -3.59. The molecule has 4 aromatic rings. The van der Waals surface area contributed by atoms with Crippen LogP contribution >= 0.6 is 23.2 Å². The first kappa shape index (κ1) is 25.7. The molecule has 200 valence electrons. The second kappa shape index (κ2) is 9.86. The van der Waals surface area contributed by atoms with Crippen molar-refractivity contribution >= 4 is 35.0 Å². The number of anilines is 1. The summed E-state index contributed by atoms with van der Waals surface area (Å²) >= 11 is 13.1. The Morgan fingerprint density at radius 1 is 1.15 bits per heavy atom. The average molecular weight is 566 g/mol. The number of aromatic nitrogens is 2. The molecule has 1 aliphatic carbocycles. The number of hydrogen-bond donors (Lipinski definition) is 2. The quantitative estimate of drug-likeness (QED) is 0.259. The minimum absolute atomic E-state index is 0.139. The van der Waals surface area contributed by atoms with Gasteiger partial charge in [-0.05, 0) is 55.7 Å². The summed E-state index contributed by atoms with van der Waals surface area (Å²) < 4.78 is 11.9. The van der Waals surface area contributed by atoms with Gasteiger partial charge in [-0.15, -0.1) is 0 Å². The van der Waals surface area contributed by atoms with Gasteiger partial charge >= 0.3 is 5.97 Å². The van der Waals surface area contributed by atoms with Crippen LogP contribution in [-0.4, -0.2) is 39.4 Å². The molecule has 1 saturated carbocycles. The van der Waals surface area contributed by atoms with Crippen LogP contribution in [0.1, 0.15) is 51.6 Å². The highest BCUT2D eigenvalue weighted by Crippen LogP contribution is 2.46. The van der Waals surface area contributed by atoms with E-state index in [9.17, 15) is 15.0 Å². The van der Waals surface area contributed by atoms with Crippen LogP contribution in [-0.2, 0) is 12.2 Å².